The van der Waals surface area contributed by atoms with Crippen LogP contribution in [0, 0.1) is 0 Å². The summed E-state index contributed by atoms with van der Waals surface area (Å²) < 4.78 is 60.8. The predicted octanol–water partition coefficient (Wildman–Crippen LogP) is 2.91. The van der Waals surface area contributed by atoms with E-state index in [1.54, 1.807) is 12.3 Å². The summed E-state index contributed by atoms with van der Waals surface area (Å²) in [6.45, 7) is 1.89. The molecular formula is C18H16F3N3O4S. The zero-order valence-corrected chi connectivity index (χ0v) is 16.0. The normalized spacial score (nSPS) is 15.3. The lowest BCUT2D eigenvalue weighted by atomic mass is 10.2. The van der Waals surface area contributed by atoms with Crippen LogP contribution in [0.2, 0.25) is 0 Å². The second-order valence-electron chi connectivity index (χ2n) is 6.32. The van der Waals surface area contributed by atoms with Crippen LogP contribution in [0.3, 0.4) is 0 Å². The number of rotatable bonds is 5. The molecule has 1 aromatic carbocycles. The van der Waals surface area contributed by atoms with Crippen LogP contribution in [0.25, 0.3) is 0 Å². The molecule has 29 heavy (non-hydrogen) atoms. The smallest absolute Gasteiger partial charge is 0.310 e. The number of hydrogen-bond donors (Lipinski definition) is 0. The number of benzene rings is 1. The predicted molar refractivity (Wildman–Crippen MR) is 96.6 cm³/mol. The third-order valence-electron chi connectivity index (χ3n) is 4.36. The van der Waals surface area contributed by atoms with E-state index in [0.29, 0.717) is 6.42 Å². The van der Waals surface area contributed by atoms with Crippen molar-refractivity contribution in [3.05, 3.63) is 53.9 Å². The van der Waals surface area contributed by atoms with Crippen molar-refractivity contribution < 1.29 is 31.2 Å². The van der Waals surface area contributed by atoms with E-state index in [9.17, 15) is 31.2 Å². The van der Waals surface area contributed by atoms with Crippen molar-refractivity contribution in [2.45, 2.75) is 30.3 Å². The molecule has 0 unspecified atom stereocenters. The van der Waals surface area contributed by atoms with Gasteiger partial charge in [-0.1, -0.05) is 6.92 Å². The maximum absolute atomic E-state index is 12.6. The van der Waals surface area contributed by atoms with E-state index in [0.717, 1.165) is 40.4 Å². The second kappa shape index (κ2) is 7.47. The van der Waals surface area contributed by atoms with Crippen LogP contribution >= 0.6 is 0 Å². The number of aromatic nitrogens is 1. The highest BCUT2D eigenvalue weighted by molar-refractivity contribution is 7.92. The lowest BCUT2D eigenvalue weighted by Gasteiger charge is -2.18. The Hall–Kier alpha value is -2.95. The largest absolute Gasteiger partial charge is 0.501 e. The van der Waals surface area contributed by atoms with Gasteiger partial charge in [-0.05, 0) is 48.4 Å². The van der Waals surface area contributed by atoms with Gasteiger partial charge in [0.2, 0.25) is 0 Å². The molecule has 3 amide bonds. The lowest BCUT2D eigenvalue weighted by Crippen LogP contribution is -2.32. The number of amides is 3. The molecule has 0 aliphatic carbocycles. The number of imide groups is 1. The van der Waals surface area contributed by atoms with Gasteiger partial charge in [-0.25, -0.2) is 18.1 Å². The summed E-state index contributed by atoms with van der Waals surface area (Å²) in [6, 6.07) is 6.33. The Morgan fingerprint density at radius 2 is 1.76 bits per heavy atom. The van der Waals surface area contributed by atoms with Gasteiger partial charge in [-0.15, -0.1) is 0 Å². The highest BCUT2D eigenvalue weighted by Gasteiger charge is 2.47. The topological polar surface area (TPSA) is 87.7 Å². The molecule has 154 valence electrons. The summed E-state index contributed by atoms with van der Waals surface area (Å²) in [7, 11) is -5.51. The molecule has 2 aromatic rings. The van der Waals surface area contributed by atoms with Crippen LogP contribution in [0.4, 0.5) is 23.7 Å². The van der Waals surface area contributed by atoms with Crippen LogP contribution < -0.4 is 4.90 Å². The monoisotopic (exact) mass is 427 g/mol. The number of anilines is 1. The van der Waals surface area contributed by atoms with Gasteiger partial charge in [0, 0.05) is 18.4 Å². The summed E-state index contributed by atoms with van der Waals surface area (Å²) in [6.07, 6.45) is 2.31. The molecule has 0 N–H and O–H groups in total. The van der Waals surface area contributed by atoms with Gasteiger partial charge in [-0.2, -0.15) is 13.2 Å². The molecule has 0 atom stereocenters. The van der Waals surface area contributed by atoms with E-state index in [4.69, 9.17) is 0 Å². The van der Waals surface area contributed by atoms with Crippen LogP contribution in [-0.4, -0.2) is 42.3 Å². The van der Waals surface area contributed by atoms with E-state index < -0.39 is 32.2 Å². The van der Waals surface area contributed by atoms with Crippen molar-refractivity contribution in [2.75, 3.05) is 11.4 Å². The van der Waals surface area contributed by atoms with Crippen LogP contribution in [0.15, 0.2) is 47.5 Å². The highest BCUT2D eigenvalue weighted by Crippen LogP contribution is 2.32. The number of pyridine rings is 1. The first-order valence-corrected chi connectivity index (χ1v) is 10.00. The van der Waals surface area contributed by atoms with Crippen LogP contribution in [0.1, 0.15) is 18.2 Å². The number of sulfone groups is 1. The highest BCUT2D eigenvalue weighted by atomic mass is 32.2. The average Bonchev–Trinajstić information content (AvgIpc) is 2.94. The Labute approximate surface area is 164 Å². The Kier molecular flexibility index (Phi) is 5.35. The zero-order valence-electron chi connectivity index (χ0n) is 15.2. The number of nitrogens with zero attached hydrogens (tertiary/aromatic N) is 3. The molecule has 0 spiro atoms. The van der Waals surface area contributed by atoms with E-state index >= 15 is 0 Å². The van der Waals surface area contributed by atoms with E-state index in [1.165, 1.54) is 4.90 Å². The van der Waals surface area contributed by atoms with Crippen molar-refractivity contribution >= 4 is 27.5 Å². The van der Waals surface area contributed by atoms with Crippen molar-refractivity contribution in [2.24, 2.45) is 0 Å². The minimum atomic E-state index is -5.51. The number of urea groups is 1. The van der Waals surface area contributed by atoms with Gasteiger partial charge < -0.3 is 4.90 Å². The van der Waals surface area contributed by atoms with Gasteiger partial charge in [0.25, 0.3) is 15.7 Å². The first-order valence-electron chi connectivity index (χ1n) is 8.51. The quantitative estimate of drug-likeness (QED) is 0.685. The fourth-order valence-electron chi connectivity index (χ4n) is 2.88. The van der Waals surface area contributed by atoms with E-state index in [1.807, 2.05) is 13.0 Å². The maximum atomic E-state index is 12.6. The fraction of sp³-hybridized carbons (Fsp3) is 0.278. The van der Waals surface area contributed by atoms with Gasteiger partial charge in [0.1, 0.15) is 6.54 Å². The molecule has 7 nitrogen and oxygen atoms in total. The standard InChI is InChI=1S/C18H16F3N3O4S/c1-2-13-9-12(7-8-22-13)10-23-11-16(25)24(17(23)26)14-3-5-15(6-4-14)29(27,28)18(19,20)21/h3-9H,2,10-11H2,1H3. The van der Waals surface area contributed by atoms with Gasteiger partial charge >= 0.3 is 11.5 Å². The summed E-state index contributed by atoms with van der Waals surface area (Å²) in [4.78, 5) is 30.2. The average molecular weight is 427 g/mol. The summed E-state index contributed by atoms with van der Waals surface area (Å²) in [5.41, 5.74) is -3.83. The van der Waals surface area contributed by atoms with Crippen molar-refractivity contribution in [1.29, 1.82) is 0 Å². The third kappa shape index (κ3) is 3.95. The molecular weight excluding hydrogens is 411 g/mol. The Morgan fingerprint density at radius 1 is 1.10 bits per heavy atom. The minimum absolute atomic E-state index is 0.00685. The molecule has 11 heteroatoms. The minimum Gasteiger partial charge on any atom is -0.310 e. The van der Waals surface area contributed by atoms with Gasteiger partial charge in [0.05, 0.1) is 10.6 Å². The molecule has 0 radical (unpaired) electrons. The molecule has 0 bridgehead atoms. The molecule has 1 aliphatic heterocycles. The van der Waals surface area contributed by atoms with Crippen LogP contribution in [0.5, 0.6) is 0 Å². The fourth-order valence-corrected chi connectivity index (χ4v) is 3.64. The van der Waals surface area contributed by atoms with E-state index in [2.05, 4.69) is 4.98 Å². The molecule has 1 saturated heterocycles. The number of carbonyl (C=O) groups is 2. The van der Waals surface area contributed by atoms with Crippen molar-refractivity contribution in [1.82, 2.24) is 9.88 Å². The lowest BCUT2D eigenvalue weighted by molar-refractivity contribution is -0.116. The zero-order chi connectivity index (χ0) is 21.4. The number of aryl methyl sites for hydroxylation is 1. The van der Waals surface area contributed by atoms with Gasteiger partial charge in [0.15, 0.2) is 0 Å². The first kappa shape index (κ1) is 20.8. The van der Waals surface area contributed by atoms with Crippen molar-refractivity contribution in [3.63, 3.8) is 0 Å². The van der Waals surface area contributed by atoms with Gasteiger partial charge in [-0.3, -0.25) is 9.78 Å². The molecule has 0 saturated carbocycles. The third-order valence-corrected chi connectivity index (χ3v) is 5.87. The Balaban J connectivity index is 1.81. The number of carbonyl (C=O) groups excluding carboxylic acids is 2. The summed E-state index contributed by atoms with van der Waals surface area (Å²) >= 11 is 0. The Bertz CT molecular complexity index is 1050. The molecule has 1 fully saturated rings. The van der Waals surface area contributed by atoms with Crippen LogP contribution in [-0.2, 0) is 27.6 Å². The molecule has 1 aromatic heterocycles. The summed E-state index contributed by atoms with van der Waals surface area (Å²) in [5.74, 6) is -0.564. The number of hydrogen-bond acceptors (Lipinski definition) is 5. The number of halogens is 3. The SMILES string of the molecule is CCc1cc(CN2CC(=O)N(c3ccc(S(=O)(=O)C(F)(F)F)cc3)C2=O)ccn1. The maximum Gasteiger partial charge on any atom is 0.501 e. The second-order valence-corrected chi connectivity index (χ2v) is 8.26. The van der Waals surface area contributed by atoms with E-state index in [-0.39, 0.29) is 18.8 Å². The molecule has 1 aliphatic rings. The summed E-state index contributed by atoms with van der Waals surface area (Å²) in [5, 5.41) is 0. The molecule has 2 heterocycles. The first-order chi connectivity index (χ1) is 13.5. The van der Waals surface area contributed by atoms with Crippen molar-refractivity contribution in [3.8, 4) is 0 Å². The Morgan fingerprint density at radius 3 is 2.34 bits per heavy atom. The number of alkyl halides is 3. The molecule has 3 rings (SSSR count).